The fraction of sp³-hybridized carbons (Fsp3) is 0.789. The highest BCUT2D eigenvalue weighted by Crippen LogP contribution is 2.28. The first-order valence-corrected chi connectivity index (χ1v) is 11.5. The molecule has 0 fully saturated rings. The Balaban J connectivity index is 1.76. The molecule has 0 atom stereocenters. The molecule has 0 N–H and O–H groups in total. The zero-order valence-electron chi connectivity index (χ0n) is 17.8. The van der Waals surface area contributed by atoms with Crippen LogP contribution in [-0.4, -0.2) is 116 Å². The van der Waals surface area contributed by atoms with Crippen LogP contribution in [0.5, 0.6) is 0 Å². The average Bonchev–Trinajstić information content (AvgIpc) is 2.95. The van der Waals surface area contributed by atoms with Crippen molar-refractivity contribution in [3.63, 3.8) is 0 Å². The molecule has 0 bridgehead atoms. The number of hydrogen-bond acceptors (Lipinski definition) is 9. The third kappa shape index (κ3) is 13.0. The maximum Gasteiger partial charge on any atom is 0.269 e. The molecular formula is C19H31Br2NO9. The molecule has 1 rings (SSSR count). The lowest BCUT2D eigenvalue weighted by molar-refractivity contribution is -0.137. The van der Waals surface area contributed by atoms with Crippen molar-refractivity contribution in [2.45, 2.75) is 0 Å². The summed E-state index contributed by atoms with van der Waals surface area (Å²) < 4.78 is 37.5. The van der Waals surface area contributed by atoms with Crippen molar-refractivity contribution in [2.75, 3.05) is 99.5 Å². The van der Waals surface area contributed by atoms with Crippen molar-refractivity contribution < 1.29 is 42.7 Å². The molecule has 180 valence electrons. The van der Waals surface area contributed by atoms with Crippen LogP contribution in [0.15, 0.2) is 8.96 Å². The standard InChI is InChI=1S/C19H31Br2NO9/c1-25-4-5-27-8-9-29-12-13-31-15-14-30-11-10-28-7-6-26-3-2-22-18(23)16(20)17(21)19(22)24/h2-15H2,1H3. The van der Waals surface area contributed by atoms with E-state index < -0.39 is 0 Å². The van der Waals surface area contributed by atoms with Crippen LogP contribution >= 0.6 is 31.9 Å². The quantitative estimate of drug-likeness (QED) is 0.147. The highest BCUT2D eigenvalue weighted by atomic mass is 79.9. The van der Waals surface area contributed by atoms with Gasteiger partial charge in [0, 0.05) is 7.11 Å². The van der Waals surface area contributed by atoms with Crippen LogP contribution < -0.4 is 0 Å². The normalized spacial score (nSPS) is 14.4. The van der Waals surface area contributed by atoms with Gasteiger partial charge in [-0.1, -0.05) is 0 Å². The second-order valence-corrected chi connectivity index (χ2v) is 7.64. The summed E-state index contributed by atoms with van der Waals surface area (Å²) in [4.78, 5) is 24.7. The first kappa shape index (κ1) is 28.6. The predicted octanol–water partition coefficient (Wildman–Crippen LogP) is 1.10. The lowest BCUT2D eigenvalue weighted by Crippen LogP contribution is -2.34. The summed E-state index contributed by atoms with van der Waals surface area (Å²) in [5, 5.41) is 0. The van der Waals surface area contributed by atoms with Crippen LogP contribution in [0.2, 0.25) is 0 Å². The highest BCUT2D eigenvalue weighted by Gasteiger charge is 2.35. The Hall–Kier alpha value is -0.440. The van der Waals surface area contributed by atoms with E-state index in [0.29, 0.717) is 79.3 Å². The Morgan fingerprint density at radius 2 is 0.839 bits per heavy atom. The molecule has 1 aliphatic heterocycles. The molecule has 0 saturated heterocycles. The first-order valence-electron chi connectivity index (χ1n) is 9.96. The third-order valence-corrected chi connectivity index (χ3v) is 5.81. The summed E-state index contributed by atoms with van der Waals surface area (Å²) in [6, 6.07) is 0. The number of hydrogen-bond donors (Lipinski definition) is 0. The van der Waals surface area contributed by atoms with Gasteiger partial charge in [-0.3, -0.25) is 14.5 Å². The molecule has 10 nitrogen and oxygen atoms in total. The number of amides is 2. The Kier molecular flexibility index (Phi) is 17.6. The van der Waals surface area contributed by atoms with Gasteiger partial charge in [0.25, 0.3) is 11.8 Å². The van der Waals surface area contributed by atoms with Gasteiger partial charge in [-0.2, -0.15) is 0 Å². The lowest BCUT2D eigenvalue weighted by atomic mass is 10.5. The number of imide groups is 1. The maximum atomic E-state index is 11.8. The number of carbonyl (C=O) groups excluding carboxylic acids is 2. The van der Waals surface area contributed by atoms with Crippen molar-refractivity contribution in [1.29, 1.82) is 0 Å². The van der Waals surface area contributed by atoms with Crippen LogP contribution in [0.4, 0.5) is 0 Å². The molecule has 0 unspecified atom stereocenters. The maximum absolute atomic E-state index is 11.8. The van der Waals surface area contributed by atoms with E-state index in [1.54, 1.807) is 7.11 Å². The molecule has 2 amide bonds. The van der Waals surface area contributed by atoms with Gasteiger partial charge < -0.3 is 33.2 Å². The van der Waals surface area contributed by atoms with E-state index in [-0.39, 0.29) is 33.9 Å². The molecule has 0 aromatic heterocycles. The van der Waals surface area contributed by atoms with Gasteiger partial charge in [-0.05, 0) is 31.9 Å². The van der Waals surface area contributed by atoms with E-state index in [1.165, 1.54) is 0 Å². The monoisotopic (exact) mass is 575 g/mol. The summed E-state index contributed by atoms with van der Waals surface area (Å²) in [6.07, 6.45) is 0. The van der Waals surface area contributed by atoms with Gasteiger partial charge >= 0.3 is 0 Å². The molecule has 0 aromatic rings. The van der Waals surface area contributed by atoms with E-state index >= 15 is 0 Å². The molecule has 1 aliphatic rings. The zero-order valence-corrected chi connectivity index (χ0v) is 20.9. The molecule has 0 aliphatic carbocycles. The molecule has 1 heterocycles. The molecule has 12 heteroatoms. The number of rotatable bonds is 21. The van der Waals surface area contributed by atoms with E-state index in [1.807, 2.05) is 0 Å². The first-order chi connectivity index (χ1) is 15.1. The fourth-order valence-electron chi connectivity index (χ4n) is 2.22. The van der Waals surface area contributed by atoms with E-state index in [4.69, 9.17) is 33.2 Å². The zero-order chi connectivity index (χ0) is 22.7. The van der Waals surface area contributed by atoms with Crippen LogP contribution in [-0.2, 0) is 42.7 Å². The van der Waals surface area contributed by atoms with Crippen molar-refractivity contribution in [3.05, 3.63) is 8.96 Å². The topological polar surface area (TPSA) is 102 Å². The van der Waals surface area contributed by atoms with Gasteiger partial charge in [-0.25, -0.2) is 0 Å². The van der Waals surface area contributed by atoms with Crippen molar-refractivity contribution >= 4 is 43.7 Å². The second kappa shape index (κ2) is 19.1. The van der Waals surface area contributed by atoms with Gasteiger partial charge in [0.1, 0.15) is 8.96 Å². The number of halogens is 2. The molecule has 0 aromatic carbocycles. The molecular weight excluding hydrogens is 546 g/mol. The average molecular weight is 577 g/mol. The summed E-state index contributed by atoms with van der Waals surface area (Å²) in [5.74, 6) is -0.734. The van der Waals surface area contributed by atoms with Crippen molar-refractivity contribution in [3.8, 4) is 0 Å². The summed E-state index contributed by atoms with van der Waals surface area (Å²) >= 11 is 6.15. The van der Waals surface area contributed by atoms with E-state index in [9.17, 15) is 9.59 Å². The molecule has 31 heavy (non-hydrogen) atoms. The number of nitrogens with zero attached hydrogens (tertiary/aromatic N) is 1. The van der Waals surface area contributed by atoms with Gasteiger partial charge in [-0.15, -0.1) is 0 Å². The Morgan fingerprint density at radius 3 is 1.16 bits per heavy atom. The SMILES string of the molecule is COCCOCCOCCOCCOCCOCCOCCN1C(=O)C(Br)=C(Br)C1=O. The van der Waals surface area contributed by atoms with E-state index in [2.05, 4.69) is 31.9 Å². The number of ether oxygens (including phenoxy) is 7. The largest absolute Gasteiger partial charge is 0.382 e. The van der Waals surface area contributed by atoms with Crippen LogP contribution in [0.1, 0.15) is 0 Å². The van der Waals surface area contributed by atoms with Crippen LogP contribution in [0.25, 0.3) is 0 Å². The lowest BCUT2D eigenvalue weighted by Gasteiger charge is -2.14. The van der Waals surface area contributed by atoms with Gasteiger partial charge in [0.2, 0.25) is 0 Å². The molecule has 0 saturated carbocycles. The predicted molar refractivity (Wildman–Crippen MR) is 118 cm³/mol. The smallest absolute Gasteiger partial charge is 0.269 e. The minimum atomic E-state index is -0.367. The van der Waals surface area contributed by atoms with Crippen molar-refractivity contribution in [1.82, 2.24) is 4.90 Å². The summed E-state index contributed by atoms with van der Waals surface area (Å²) in [6.45, 7) is 6.35. The third-order valence-electron chi connectivity index (χ3n) is 3.81. The Bertz CT molecular complexity index is 524. The highest BCUT2D eigenvalue weighted by molar-refractivity contribution is 9.14. The minimum Gasteiger partial charge on any atom is -0.382 e. The fourth-order valence-corrected chi connectivity index (χ4v) is 2.99. The number of methoxy groups -OCH3 is 1. The van der Waals surface area contributed by atoms with Crippen LogP contribution in [0, 0.1) is 0 Å². The molecule has 0 spiro atoms. The molecule has 0 radical (unpaired) electrons. The summed E-state index contributed by atoms with van der Waals surface area (Å²) in [5.41, 5.74) is 0. The minimum absolute atomic E-state index is 0.193. The van der Waals surface area contributed by atoms with E-state index in [0.717, 1.165) is 4.90 Å². The Labute approximate surface area is 199 Å². The Morgan fingerprint density at radius 1 is 0.548 bits per heavy atom. The number of carbonyl (C=O) groups is 2. The van der Waals surface area contributed by atoms with Crippen molar-refractivity contribution in [2.24, 2.45) is 0 Å². The second-order valence-electron chi connectivity index (χ2n) is 6.06. The van der Waals surface area contributed by atoms with Gasteiger partial charge in [0.05, 0.1) is 92.4 Å². The van der Waals surface area contributed by atoms with Gasteiger partial charge in [0.15, 0.2) is 0 Å². The van der Waals surface area contributed by atoms with Crippen LogP contribution in [0.3, 0.4) is 0 Å². The summed E-state index contributed by atoms with van der Waals surface area (Å²) in [7, 11) is 1.63.